The highest BCUT2D eigenvalue weighted by Crippen LogP contribution is 2.48. The second-order valence-corrected chi connectivity index (χ2v) is 7.86. The second kappa shape index (κ2) is 8.09. The monoisotopic (exact) mass is 378 g/mol. The maximum Gasteiger partial charge on any atom is 0.338 e. The van der Waals surface area contributed by atoms with E-state index in [9.17, 15) is 14.0 Å². The minimum Gasteiger partial charge on any atom is -0.462 e. The summed E-state index contributed by atoms with van der Waals surface area (Å²) in [6, 6.07) is 12.5. The van der Waals surface area contributed by atoms with Gasteiger partial charge in [-0.25, -0.2) is 9.18 Å². The molecule has 3 nitrogen and oxygen atoms in total. The number of ketones is 1. The summed E-state index contributed by atoms with van der Waals surface area (Å²) in [5.74, 6) is 1.11. The molecule has 0 aromatic heterocycles. The van der Waals surface area contributed by atoms with Gasteiger partial charge in [-0.2, -0.15) is 0 Å². The van der Waals surface area contributed by atoms with Crippen molar-refractivity contribution in [2.75, 3.05) is 6.61 Å². The van der Waals surface area contributed by atoms with Gasteiger partial charge in [-0.15, -0.1) is 0 Å². The number of allylic oxidation sites excluding steroid dienone is 1. The molecular formula is C24H23FO3. The van der Waals surface area contributed by atoms with Crippen LogP contribution < -0.4 is 0 Å². The van der Waals surface area contributed by atoms with Crippen LogP contribution in [0.4, 0.5) is 4.39 Å². The van der Waals surface area contributed by atoms with Gasteiger partial charge in [0.25, 0.3) is 0 Å². The van der Waals surface area contributed by atoms with Crippen molar-refractivity contribution >= 4 is 17.8 Å². The summed E-state index contributed by atoms with van der Waals surface area (Å²) in [7, 11) is 0. The van der Waals surface area contributed by atoms with Gasteiger partial charge in [0.1, 0.15) is 5.82 Å². The molecule has 2 bridgehead atoms. The van der Waals surface area contributed by atoms with E-state index in [-0.39, 0.29) is 17.6 Å². The Bertz CT molecular complexity index is 900. The predicted molar refractivity (Wildman–Crippen MR) is 105 cm³/mol. The number of hydrogen-bond acceptors (Lipinski definition) is 3. The maximum absolute atomic E-state index is 12.9. The van der Waals surface area contributed by atoms with Crippen LogP contribution in [0, 0.1) is 23.6 Å². The van der Waals surface area contributed by atoms with E-state index in [1.165, 1.54) is 43.9 Å². The third kappa shape index (κ3) is 4.22. The van der Waals surface area contributed by atoms with Gasteiger partial charge in [0.15, 0.2) is 5.78 Å². The fourth-order valence-electron chi connectivity index (χ4n) is 4.49. The van der Waals surface area contributed by atoms with Crippen molar-refractivity contribution < 1.29 is 18.7 Å². The third-order valence-electron chi connectivity index (χ3n) is 5.99. The van der Waals surface area contributed by atoms with Gasteiger partial charge in [0, 0.05) is 5.56 Å². The van der Waals surface area contributed by atoms with Gasteiger partial charge in [0.05, 0.1) is 12.2 Å². The summed E-state index contributed by atoms with van der Waals surface area (Å²) in [4.78, 5) is 24.8. The Kier molecular flexibility index (Phi) is 5.38. The first-order valence-electron chi connectivity index (χ1n) is 9.83. The minimum absolute atomic E-state index is 0.216. The summed E-state index contributed by atoms with van der Waals surface area (Å²) < 4.78 is 18.5. The first kappa shape index (κ1) is 18.6. The van der Waals surface area contributed by atoms with Crippen molar-refractivity contribution in [3.63, 3.8) is 0 Å². The molecule has 2 fully saturated rings. The van der Waals surface area contributed by atoms with Gasteiger partial charge in [-0.05, 0) is 72.9 Å². The Morgan fingerprint density at radius 3 is 2.54 bits per heavy atom. The third-order valence-corrected chi connectivity index (χ3v) is 5.99. The van der Waals surface area contributed by atoms with Crippen LogP contribution in [0.2, 0.25) is 0 Å². The van der Waals surface area contributed by atoms with E-state index >= 15 is 0 Å². The molecule has 4 heteroatoms. The molecule has 2 aromatic rings. The number of benzene rings is 2. The van der Waals surface area contributed by atoms with Crippen molar-refractivity contribution in [1.82, 2.24) is 0 Å². The maximum atomic E-state index is 12.9. The first-order valence-corrected chi connectivity index (χ1v) is 9.83. The molecule has 2 aromatic carbocycles. The van der Waals surface area contributed by atoms with Crippen LogP contribution in [0.15, 0.2) is 54.6 Å². The van der Waals surface area contributed by atoms with Gasteiger partial charge >= 0.3 is 5.97 Å². The number of fused-ring (bicyclic) bond motifs is 2. The Morgan fingerprint density at radius 2 is 1.82 bits per heavy atom. The number of halogens is 1. The molecule has 3 unspecified atom stereocenters. The van der Waals surface area contributed by atoms with Crippen molar-refractivity contribution in [2.45, 2.75) is 25.7 Å². The lowest BCUT2D eigenvalue weighted by atomic mass is 9.89. The average molecular weight is 378 g/mol. The first-order chi connectivity index (χ1) is 13.6. The molecule has 0 aliphatic heterocycles. The number of rotatable bonds is 6. The van der Waals surface area contributed by atoms with E-state index in [2.05, 4.69) is 0 Å². The smallest absolute Gasteiger partial charge is 0.338 e. The zero-order valence-corrected chi connectivity index (χ0v) is 15.6. The van der Waals surface area contributed by atoms with E-state index in [1.807, 2.05) is 0 Å². The van der Waals surface area contributed by atoms with Crippen LogP contribution in [-0.2, 0) is 4.74 Å². The Balaban J connectivity index is 1.37. The van der Waals surface area contributed by atoms with Gasteiger partial charge in [-0.3, -0.25) is 4.79 Å². The zero-order valence-electron chi connectivity index (χ0n) is 15.6. The highest BCUT2D eigenvalue weighted by atomic mass is 19.1. The van der Waals surface area contributed by atoms with Crippen molar-refractivity contribution in [3.8, 4) is 0 Å². The number of ether oxygens (including phenoxy) is 1. The van der Waals surface area contributed by atoms with Gasteiger partial charge < -0.3 is 4.74 Å². The molecule has 0 N–H and O–H groups in total. The molecule has 2 aliphatic rings. The van der Waals surface area contributed by atoms with Crippen LogP contribution in [0.25, 0.3) is 6.08 Å². The standard InChI is InChI=1S/C24H23FO3/c25-22-9-5-16(6-10-22)7-11-23(26)19-2-1-3-20(14-19)24(27)28-15-21-13-17-4-8-18(21)12-17/h1-3,5-7,9-11,14,17-18,21H,4,8,12-13,15H2/b11-7+. The van der Waals surface area contributed by atoms with Gasteiger partial charge in [0.2, 0.25) is 0 Å². The molecule has 4 rings (SSSR count). The van der Waals surface area contributed by atoms with E-state index in [0.29, 0.717) is 29.6 Å². The molecule has 0 spiro atoms. The van der Waals surface area contributed by atoms with Crippen LogP contribution in [0.1, 0.15) is 52.0 Å². The molecule has 2 aliphatic carbocycles. The summed E-state index contributed by atoms with van der Waals surface area (Å²) in [6.45, 7) is 0.475. The second-order valence-electron chi connectivity index (χ2n) is 7.86. The summed E-state index contributed by atoms with van der Waals surface area (Å²) >= 11 is 0. The van der Waals surface area contributed by atoms with Crippen LogP contribution in [0.3, 0.4) is 0 Å². The lowest BCUT2D eigenvalue weighted by Gasteiger charge is -2.21. The topological polar surface area (TPSA) is 43.4 Å². The van der Waals surface area contributed by atoms with Crippen molar-refractivity contribution in [3.05, 3.63) is 77.1 Å². The summed E-state index contributed by atoms with van der Waals surface area (Å²) in [5.41, 5.74) is 1.55. The number of esters is 1. The predicted octanol–water partition coefficient (Wildman–Crippen LogP) is 5.31. The molecule has 28 heavy (non-hydrogen) atoms. The van der Waals surface area contributed by atoms with Crippen molar-refractivity contribution in [1.29, 1.82) is 0 Å². The Hall–Kier alpha value is -2.75. The minimum atomic E-state index is -0.375. The lowest BCUT2D eigenvalue weighted by molar-refractivity contribution is 0.0394. The molecule has 0 saturated heterocycles. The normalized spacial score (nSPS) is 23.2. The molecular weight excluding hydrogens is 355 g/mol. The molecule has 0 heterocycles. The highest BCUT2D eigenvalue weighted by Gasteiger charge is 2.39. The van der Waals surface area contributed by atoms with E-state index in [4.69, 9.17) is 4.74 Å². The Morgan fingerprint density at radius 1 is 1.04 bits per heavy atom. The van der Waals surface area contributed by atoms with Crippen LogP contribution in [-0.4, -0.2) is 18.4 Å². The molecule has 0 amide bonds. The molecule has 144 valence electrons. The SMILES string of the molecule is O=C(/C=C/c1ccc(F)cc1)c1cccc(C(=O)OCC2CC3CCC2C3)c1. The number of carbonyl (C=O) groups is 2. The lowest BCUT2D eigenvalue weighted by Crippen LogP contribution is -2.19. The highest BCUT2D eigenvalue weighted by molar-refractivity contribution is 6.07. The largest absolute Gasteiger partial charge is 0.462 e. The van der Waals surface area contributed by atoms with E-state index in [0.717, 1.165) is 11.5 Å². The quantitative estimate of drug-likeness (QED) is 0.388. The van der Waals surface area contributed by atoms with E-state index in [1.54, 1.807) is 42.5 Å². The molecule has 0 radical (unpaired) electrons. The number of carbonyl (C=O) groups excluding carboxylic acids is 2. The van der Waals surface area contributed by atoms with Crippen LogP contribution >= 0.6 is 0 Å². The van der Waals surface area contributed by atoms with E-state index < -0.39 is 0 Å². The fourth-order valence-corrected chi connectivity index (χ4v) is 4.49. The molecule has 3 atom stereocenters. The average Bonchev–Trinajstić information content (AvgIpc) is 3.35. The Labute approximate surface area is 164 Å². The van der Waals surface area contributed by atoms with Gasteiger partial charge in [-0.1, -0.05) is 36.8 Å². The summed E-state index contributed by atoms with van der Waals surface area (Å²) in [6.07, 6.45) is 8.09. The summed E-state index contributed by atoms with van der Waals surface area (Å²) in [5, 5.41) is 0. The zero-order chi connectivity index (χ0) is 19.5. The van der Waals surface area contributed by atoms with Crippen molar-refractivity contribution in [2.24, 2.45) is 17.8 Å². The number of hydrogen-bond donors (Lipinski definition) is 0. The fraction of sp³-hybridized carbons (Fsp3) is 0.333. The van der Waals surface area contributed by atoms with Crippen LogP contribution in [0.5, 0.6) is 0 Å². The molecule has 2 saturated carbocycles.